The number of aliphatic hydroxyl groups is 1. The molecule has 0 amide bonds. The Morgan fingerprint density at radius 1 is 1.56 bits per heavy atom. The summed E-state index contributed by atoms with van der Waals surface area (Å²) in [5, 5.41) is 21.0. The number of aliphatic hydroxyl groups excluding tert-OH is 1. The summed E-state index contributed by atoms with van der Waals surface area (Å²) in [7, 11) is 0. The van der Waals surface area contributed by atoms with Crippen molar-refractivity contribution in [1.82, 2.24) is 4.98 Å². The minimum atomic E-state index is -0.185. The number of nitriles is 1. The Labute approximate surface area is 95.9 Å². The fourth-order valence-electron chi connectivity index (χ4n) is 1.45. The molecular weight excluding hydrogens is 202 g/mol. The van der Waals surface area contributed by atoms with E-state index in [9.17, 15) is 0 Å². The molecule has 1 heterocycles. The van der Waals surface area contributed by atoms with Crippen molar-refractivity contribution in [2.75, 3.05) is 11.9 Å². The lowest BCUT2D eigenvalue weighted by Gasteiger charge is -2.29. The lowest BCUT2D eigenvalue weighted by molar-refractivity contribution is 0.252. The van der Waals surface area contributed by atoms with Gasteiger partial charge in [-0.25, -0.2) is 4.98 Å². The molecule has 0 saturated heterocycles. The maximum Gasteiger partial charge on any atom is 0.142 e. The second kappa shape index (κ2) is 5.47. The molecule has 1 aromatic rings. The molecule has 86 valence electrons. The van der Waals surface area contributed by atoms with E-state index in [1.165, 1.54) is 0 Å². The van der Waals surface area contributed by atoms with E-state index in [4.69, 9.17) is 10.4 Å². The van der Waals surface area contributed by atoms with Crippen molar-refractivity contribution in [1.29, 1.82) is 5.26 Å². The van der Waals surface area contributed by atoms with E-state index < -0.39 is 0 Å². The third-order valence-electron chi connectivity index (χ3n) is 2.74. The molecule has 2 N–H and O–H groups in total. The van der Waals surface area contributed by atoms with Crippen molar-refractivity contribution < 1.29 is 5.11 Å². The Morgan fingerprint density at radius 3 is 2.88 bits per heavy atom. The van der Waals surface area contributed by atoms with Gasteiger partial charge in [0.15, 0.2) is 0 Å². The van der Waals surface area contributed by atoms with Gasteiger partial charge in [0, 0.05) is 12.1 Å². The molecule has 1 rings (SSSR count). The van der Waals surface area contributed by atoms with Gasteiger partial charge in [-0.3, -0.25) is 0 Å². The van der Waals surface area contributed by atoms with Gasteiger partial charge >= 0.3 is 0 Å². The minimum absolute atomic E-state index is 0.134. The molecule has 0 aromatic carbocycles. The summed E-state index contributed by atoms with van der Waals surface area (Å²) < 4.78 is 0. The van der Waals surface area contributed by atoms with Gasteiger partial charge in [-0.05, 0) is 31.9 Å². The van der Waals surface area contributed by atoms with Gasteiger partial charge in [-0.1, -0.05) is 13.0 Å². The fraction of sp³-hybridized carbons (Fsp3) is 0.500. The Hall–Kier alpha value is -1.60. The first kappa shape index (κ1) is 12.5. The number of nitrogens with zero attached hydrogens (tertiary/aromatic N) is 2. The molecule has 1 aromatic heterocycles. The summed E-state index contributed by atoms with van der Waals surface area (Å²) in [6, 6.07) is 7.29. The van der Waals surface area contributed by atoms with Crippen molar-refractivity contribution >= 4 is 5.82 Å². The number of nitrogens with one attached hydrogen (secondary N) is 1. The standard InChI is InChI=1S/C12H17N3O/c1-3-12(2,7-8-16)15-11-6-4-5-10(9-13)14-11/h4-6,16H,3,7-8H2,1-2H3,(H,14,15). The number of anilines is 1. The van der Waals surface area contributed by atoms with E-state index >= 15 is 0 Å². The van der Waals surface area contributed by atoms with E-state index in [-0.39, 0.29) is 12.1 Å². The monoisotopic (exact) mass is 219 g/mol. The summed E-state index contributed by atoms with van der Waals surface area (Å²) in [6.45, 7) is 4.22. The first-order chi connectivity index (χ1) is 7.63. The molecule has 4 nitrogen and oxygen atoms in total. The van der Waals surface area contributed by atoms with Crippen molar-refractivity contribution in [2.24, 2.45) is 0 Å². The maximum absolute atomic E-state index is 9.00. The van der Waals surface area contributed by atoms with E-state index in [0.29, 0.717) is 17.9 Å². The molecule has 16 heavy (non-hydrogen) atoms. The summed E-state index contributed by atoms with van der Waals surface area (Å²) in [6.07, 6.45) is 1.54. The second-order valence-corrected chi connectivity index (χ2v) is 4.03. The van der Waals surface area contributed by atoms with Crippen molar-refractivity contribution in [3.05, 3.63) is 23.9 Å². The third-order valence-corrected chi connectivity index (χ3v) is 2.74. The topological polar surface area (TPSA) is 68.9 Å². The molecule has 0 radical (unpaired) electrons. The van der Waals surface area contributed by atoms with Crippen LogP contribution >= 0.6 is 0 Å². The van der Waals surface area contributed by atoms with Crippen LogP contribution in [-0.2, 0) is 0 Å². The Balaban J connectivity index is 2.82. The maximum atomic E-state index is 9.00. The average Bonchev–Trinajstić information content (AvgIpc) is 2.29. The summed E-state index contributed by atoms with van der Waals surface area (Å²) in [5.74, 6) is 0.678. The van der Waals surface area contributed by atoms with E-state index in [0.717, 1.165) is 6.42 Å². The van der Waals surface area contributed by atoms with Gasteiger partial charge in [0.25, 0.3) is 0 Å². The molecule has 0 spiro atoms. The normalized spacial score (nSPS) is 13.9. The van der Waals surface area contributed by atoms with Crippen molar-refractivity contribution in [3.8, 4) is 6.07 Å². The highest BCUT2D eigenvalue weighted by Gasteiger charge is 2.21. The SMILES string of the molecule is CCC(C)(CCO)Nc1cccc(C#N)n1. The zero-order valence-electron chi connectivity index (χ0n) is 9.70. The quantitative estimate of drug-likeness (QED) is 0.793. The molecule has 0 bridgehead atoms. The summed E-state index contributed by atoms with van der Waals surface area (Å²) in [4.78, 5) is 4.15. The molecule has 0 aliphatic heterocycles. The van der Waals surface area contributed by atoms with Crippen LogP contribution in [0.15, 0.2) is 18.2 Å². The number of aromatic nitrogens is 1. The summed E-state index contributed by atoms with van der Waals surface area (Å²) in [5.41, 5.74) is 0.211. The van der Waals surface area contributed by atoms with Gasteiger partial charge in [0.2, 0.25) is 0 Å². The predicted molar refractivity (Wildman–Crippen MR) is 63.0 cm³/mol. The summed E-state index contributed by atoms with van der Waals surface area (Å²) >= 11 is 0. The Kier molecular flexibility index (Phi) is 4.27. The van der Waals surface area contributed by atoms with Crippen LogP contribution in [0, 0.1) is 11.3 Å². The number of pyridine rings is 1. The fourth-order valence-corrected chi connectivity index (χ4v) is 1.45. The number of rotatable bonds is 5. The lowest BCUT2D eigenvalue weighted by Crippen LogP contribution is -2.35. The molecule has 0 aliphatic carbocycles. The largest absolute Gasteiger partial charge is 0.396 e. The second-order valence-electron chi connectivity index (χ2n) is 4.03. The first-order valence-electron chi connectivity index (χ1n) is 5.40. The number of hydrogen-bond donors (Lipinski definition) is 2. The molecule has 4 heteroatoms. The molecule has 1 unspecified atom stereocenters. The highest BCUT2D eigenvalue weighted by atomic mass is 16.3. The average molecular weight is 219 g/mol. The number of hydrogen-bond acceptors (Lipinski definition) is 4. The highest BCUT2D eigenvalue weighted by Crippen LogP contribution is 2.20. The van der Waals surface area contributed by atoms with Crippen LogP contribution in [0.3, 0.4) is 0 Å². The van der Waals surface area contributed by atoms with Crippen molar-refractivity contribution in [3.63, 3.8) is 0 Å². The Morgan fingerprint density at radius 2 is 2.31 bits per heavy atom. The first-order valence-corrected chi connectivity index (χ1v) is 5.40. The van der Waals surface area contributed by atoms with Crippen molar-refractivity contribution in [2.45, 2.75) is 32.2 Å². The van der Waals surface area contributed by atoms with Crippen LogP contribution < -0.4 is 5.32 Å². The molecule has 0 saturated carbocycles. The van der Waals surface area contributed by atoms with Crippen LogP contribution in [0.4, 0.5) is 5.82 Å². The minimum Gasteiger partial charge on any atom is -0.396 e. The van der Waals surface area contributed by atoms with Gasteiger partial charge in [-0.15, -0.1) is 0 Å². The van der Waals surface area contributed by atoms with Gasteiger partial charge in [-0.2, -0.15) is 5.26 Å². The van der Waals surface area contributed by atoms with Crippen LogP contribution in [0.1, 0.15) is 32.4 Å². The van der Waals surface area contributed by atoms with Crippen LogP contribution in [-0.4, -0.2) is 22.2 Å². The molecule has 0 aliphatic rings. The lowest BCUT2D eigenvalue weighted by atomic mass is 9.95. The highest BCUT2D eigenvalue weighted by molar-refractivity contribution is 5.40. The molecule has 1 atom stereocenters. The Bertz CT molecular complexity index is 386. The molecule has 0 fully saturated rings. The van der Waals surface area contributed by atoms with E-state index in [1.807, 2.05) is 19.1 Å². The van der Waals surface area contributed by atoms with Crippen LogP contribution in [0.25, 0.3) is 0 Å². The van der Waals surface area contributed by atoms with Gasteiger partial charge in [0.05, 0.1) is 0 Å². The van der Waals surface area contributed by atoms with Gasteiger partial charge in [0.1, 0.15) is 17.6 Å². The van der Waals surface area contributed by atoms with Crippen LogP contribution in [0.2, 0.25) is 0 Å². The van der Waals surface area contributed by atoms with E-state index in [1.54, 1.807) is 12.1 Å². The zero-order chi connectivity index (χ0) is 12.0. The van der Waals surface area contributed by atoms with Crippen LogP contribution in [0.5, 0.6) is 0 Å². The smallest absolute Gasteiger partial charge is 0.142 e. The molecular formula is C12H17N3O. The van der Waals surface area contributed by atoms with E-state index in [2.05, 4.69) is 17.2 Å². The predicted octanol–water partition coefficient (Wildman–Crippen LogP) is 1.92. The zero-order valence-corrected chi connectivity index (χ0v) is 9.70. The van der Waals surface area contributed by atoms with Gasteiger partial charge < -0.3 is 10.4 Å². The third kappa shape index (κ3) is 3.21.